The Bertz CT molecular complexity index is 1190. The molecular weight excluding hydrogens is 339 g/mol. The van der Waals surface area contributed by atoms with Crippen LogP contribution >= 0.6 is 0 Å². The van der Waals surface area contributed by atoms with Gasteiger partial charge in [-0.25, -0.2) is 14.6 Å². The Morgan fingerprint density at radius 2 is 2.00 bits per heavy atom. The van der Waals surface area contributed by atoms with Gasteiger partial charge in [0.2, 0.25) is 5.95 Å². The second kappa shape index (κ2) is 5.65. The monoisotopic (exact) mass is 356 g/mol. The third-order valence-electron chi connectivity index (χ3n) is 4.79. The fourth-order valence-electron chi connectivity index (χ4n) is 3.15. The van der Waals surface area contributed by atoms with Crippen LogP contribution in [0.4, 0.5) is 10.3 Å². The Kier molecular flexibility index (Phi) is 3.53. The first-order valence-corrected chi connectivity index (χ1v) is 8.15. The van der Waals surface area contributed by atoms with Crippen molar-refractivity contribution in [3.05, 3.63) is 56.5 Å². The highest BCUT2D eigenvalue weighted by atomic mass is 19.1. The van der Waals surface area contributed by atoms with Crippen LogP contribution in [-0.4, -0.2) is 24.4 Å². The molecule has 1 N–H and O–H groups in total. The van der Waals surface area contributed by atoms with E-state index in [1.807, 2.05) is 13.8 Å². The fourth-order valence-corrected chi connectivity index (χ4v) is 3.15. The second-order valence-electron chi connectivity index (χ2n) is 6.34. The highest BCUT2D eigenvalue weighted by molar-refractivity contribution is 5.90. The summed E-state index contributed by atoms with van der Waals surface area (Å²) in [6, 6.07) is 5.89. The highest BCUT2D eigenvalue weighted by Gasteiger charge is 2.26. The molecule has 8 nitrogen and oxygen atoms in total. The molecule has 9 heteroatoms. The Morgan fingerprint density at radius 3 is 2.73 bits per heavy atom. The molecule has 26 heavy (non-hydrogen) atoms. The quantitative estimate of drug-likeness (QED) is 0.753. The summed E-state index contributed by atoms with van der Waals surface area (Å²) in [6.07, 6.45) is 0. The third kappa shape index (κ3) is 2.20. The number of benzene rings is 1. The van der Waals surface area contributed by atoms with E-state index in [1.54, 1.807) is 29.8 Å². The summed E-state index contributed by atoms with van der Waals surface area (Å²) in [5, 5.41) is 4.17. The first-order chi connectivity index (χ1) is 12.4. The smallest absolute Gasteiger partial charge is 0.294 e. The summed E-state index contributed by atoms with van der Waals surface area (Å²) in [5.41, 5.74) is 3.35. The summed E-state index contributed by atoms with van der Waals surface area (Å²) in [4.78, 5) is 30.1. The maximum absolute atomic E-state index is 14.0. The van der Waals surface area contributed by atoms with Crippen LogP contribution in [0.2, 0.25) is 0 Å². The van der Waals surface area contributed by atoms with Gasteiger partial charge < -0.3 is 0 Å². The largest absolute Gasteiger partial charge is 0.332 e. The number of anilines is 1. The number of hydrogen-bond donors (Lipinski definition) is 1. The van der Waals surface area contributed by atoms with Gasteiger partial charge in [-0.2, -0.15) is 10.1 Å². The zero-order chi connectivity index (χ0) is 18.6. The average Bonchev–Trinajstić information content (AvgIpc) is 3.02. The lowest BCUT2D eigenvalue weighted by Crippen LogP contribution is -2.40. The lowest BCUT2D eigenvalue weighted by Gasteiger charge is -2.21. The van der Waals surface area contributed by atoms with Crippen LogP contribution in [0, 0.1) is 5.82 Å². The highest BCUT2D eigenvalue weighted by Crippen LogP contribution is 2.25. The van der Waals surface area contributed by atoms with Crippen molar-refractivity contribution in [3.63, 3.8) is 0 Å². The van der Waals surface area contributed by atoms with Gasteiger partial charge in [0, 0.05) is 12.6 Å². The number of halogens is 1. The number of nitrogens with zero attached hydrogens (tertiary/aromatic N) is 5. The van der Waals surface area contributed by atoms with Gasteiger partial charge in [0.05, 0.1) is 18.3 Å². The predicted molar refractivity (Wildman–Crippen MR) is 96.2 cm³/mol. The van der Waals surface area contributed by atoms with Gasteiger partial charge in [-0.15, -0.1) is 0 Å². The summed E-state index contributed by atoms with van der Waals surface area (Å²) >= 11 is 0. The molecule has 4 rings (SSSR count). The van der Waals surface area contributed by atoms with Crippen LogP contribution in [0.1, 0.15) is 25.5 Å². The Morgan fingerprint density at radius 1 is 1.27 bits per heavy atom. The number of fused-ring (bicyclic) bond motifs is 3. The molecule has 0 fully saturated rings. The lowest BCUT2D eigenvalue weighted by atomic mass is 10.2. The van der Waals surface area contributed by atoms with Crippen molar-refractivity contribution >= 4 is 22.8 Å². The summed E-state index contributed by atoms with van der Waals surface area (Å²) < 4.78 is 18.1. The number of aromatic nitrogens is 4. The van der Waals surface area contributed by atoms with Crippen LogP contribution in [0.15, 0.2) is 39.0 Å². The number of hydrazone groups is 1. The van der Waals surface area contributed by atoms with E-state index in [9.17, 15) is 14.0 Å². The molecule has 0 saturated carbocycles. The maximum Gasteiger partial charge on any atom is 0.332 e. The number of hydrogen-bond acceptors (Lipinski definition) is 5. The van der Waals surface area contributed by atoms with Crippen LogP contribution in [0.5, 0.6) is 0 Å². The van der Waals surface area contributed by atoms with Gasteiger partial charge in [0.25, 0.3) is 5.56 Å². The van der Waals surface area contributed by atoms with Gasteiger partial charge in [-0.3, -0.25) is 18.5 Å². The van der Waals surface area contributed by atoms with Crippen molar-refractivity contribution in [1.82, 2.24) is 18.7 Å². The Balaban J connectivity index is 2.01. The number of aryl methyl sites for hydroxylation is 1. The number of imidazole rings is 1. The first kappa shape index (κ1) is 16.2. The van der Waals surface area contributed by atoms with E-state index in [1.165, 1.54) is 10.6 Å². The van der Waals surface area contributed by atoms with E-state index in [0.717, 1.165) is 10.3 Å². The van der Waals surface area contributed by atoms with Gasteiger partial charge in [-0.1, -0.05) is 18.2 Å². The summed E-state index contributed by atoms with van der Waals surface area (Å²) in [5.74, 6) is -0.0660. The van der Waals surface area contributed by atoms with Crippen molar-refractivity contribution in [3.8, 4) is 0 Å². The topological polar surface area (TPSA) is 86.2 Å². The minimum absolute atomic E-state index is 0.149. The predicted octanol–water partition coefficient (Wildman–Crippen LogP) is 1.45. The van der Waals surface area contributed by atoms with E-state index in [2.05, 4.69) is 15.5 Å². The second-order valence-corrected chi connectivity index (χ2v) is 6.34. The molecule has 1 atom stereocenters. The zero-order valence-corrected chi connectivity index (χ0v) is 14.5. The van der Waals surface area contributed by atoms with Crippen LogP contribution in [0.3, 0.4) is 0 Å². The van der Waals surface area contributed by atoms with Gasteiger partial charge in [-0.05, 0) is 19.9 Å². The van der Waals surface area contributed by atoms with E-state index < -0.39 is 17.1 Å². The Labute approximate surface area is 147 Å². The molecule has 1 aliphatic heterocycles. The molecule has 0 amide bonds. The zero-order valence-electron chi connectivity index (χ0n) is 14.5. The minimum Gasteiger partial charge on any atom is -0.294 e. The summed E-state index contributed by atoms with van der Waals surface area (Å²) in [6.45, 7) is 3.59. The lowest BCUT2D eigenvalue weighted by molar-refractivity contribution is 0.581. The molecular formula is C17H17FN6O2. The minimum atomic E-state index is -0.550. The van der Waals surface area contributed by atoms with Gasteiger partial charge >= 0.3 is 5.69 Å². The molecule has 1 aliphatic rings. The van der Waals surface area contributed by atoms with E-state index in [4.69, 9.17) is 0 Å². The van der Waals surface area contributed by atoms with Crippen molar-refractivity contribution in [1.29, 1.82) is 0 Å². The molecule has 1 unspecified atom stereocenters. The average molecular weight is 356 g/mol. The first-order valence-electron chi connectivity index (χ1n) is 8.15. The molecule has 0 saturated heterocycles. The molecule has 3 aromatic rings. The van der Waals surface area contributed by atoms with E-state index >= 15 is 0 Å². The molecule has 3 heterocycles. The molecule has 134 valence electrons. The normalized spacial score (nSPS) is 16.3. The molecule has 0 bridgehead atoms. The third-order valence-corrected chi connectivity index (χ3v) is 4.79. The van der Waals surface area contributed by atoms with Crippen molar-refractivity contribution in [2.24, 2.45) is 12.1 Å². The SMILES string of the molecule is CC1=NNc2nc3c(c(=O)n(Cc4ccccc4F)c(=O)n3C)n2C1C. The van der Waals surface area contributed by atoms with Crippen molar-refractivity contribution in [2.75, 3.05) is 5.43 Å². The fraction of sp³-hybridized carbons (Fsp3) is 0.294. The van der Waals surface area contributed by atoms with Crippen LogP contribution in [-0.2, 0) is 13.6 Å². The van der Waals surface area contributed by atoms with Crippen molar-refractivity contribution in [2.45, 2.75) is 26.4 Å². The van der Waals surface area contributed by atoms with Crippen LogP contribution < -0.4 is 16.7 Å². The molecule has 0 aliphatic carbocycles. The molecule has 0 radical (unpaired) electrons. The molecule has 0 spiro atoms. The van der Waals surface area contributed by atoms with Crippen LogP contribution in [0.25, 0.3) is 11.2 Å². The Hall–Kier alpha value is -3.23. The standard InChI is InChI=1S/C17H17FN6O2/c1-9-10(2)24-13-14(19-16(24)21-20-9)22(3)17(26)23(15(13)25)8-11-6-4-5-7-12(11)18/h4-7,10H,8H2,1-3H3,(H,19,21). The maximum atomic E-state index is 14.0. The van der Waals surface area contributed by atoms with Crippen molar-refractivity contribution < 1.29 is 4.39 Å². The van der Waals surface area contributed by atoms with E-state index in [0.29, 0.717) is 5.95 Å². The van der Waals surface area contributed by atoms with E-state index in [-0.39, 0.29) is 29.3 Å². The molecule has 2 aromatic heterocycles. The summed E-state index contributed by atoms with van der Waals surface area (Å²) in [7, 11) is 1.54. The van der Waals surface area contributed by atoms with Gasteiger partial charge in [0.1, 0.15) is 5.82 Å². The number of nitrogens with one attached hydrogen (secondary N) is 1. The number of rotatable bonds is 2. The van der Waals surface area contributed by atoms with Gasteiger partial charge in [0.15, 0.2) is 11.2 Å². The molecule has 1 aromatic carbocycles.